The van der Waals surface area contributed by atoms with Crippen molar-refractivity contribution in [2.75, 3.05) is 19.8 Å². The zero-order valence-corrected chi connectivity index (χ0v) is 13.1. The lowest BCUT2D eigenvalue weighted by molar-refractivity contribution is 0.297. The number of fused-ring (bicyclic) bond motifs is 1. The number of thiophene rings is 1. The lowest BCUT2D eigenvalue weighted by Gasteiger charge is -2.16. The second kappa shape index (κ2) is 6.96. The Hall–Kier alpha value is -1.52. The van der Waals surface area contributed by atoms with E-state index >= 15 is 0 Å². The highest BCUT2D eigenvalue weighted by atomic mass is 32.1. The van der Waals surface area contributed by atoms with Crippen molar-refractivity contribution in [1.29, 1.82) is 0 Å². The van der Waals surface area contributed by atoms with Crippen LogP contribution in [0, 0.1) is 0 Å². The molecule has 3 rings (SSSR count). The third-order valence-electron chi connectivity index (χ3n) is 3.72. The predicted molar refractivity (Wildman–Crippen MR) is 86.5 cm³/mol. The molecular weight excluding hydrogens is 282 g/mol. The number of hydrogen-bond acceptors (Lipinski definition) is 4. The van der Waals surface area contributed by atoms with Gasteiger partial charge in [0, 0.05) is 12.5 Å². The number of ether oxygens (including phenoxy) is 2. The van der Waals surface area contributed by atoms with E-state index in [1.807, 2.05) is 6.07 Å². The van der Waals surface area contributed by atoms with Gasteiger partial charge in [-0.15, -0.1) is 0 Å². The van der Waals surface area contributed by atoms with Crippen LogP contribution >= 0.6 is 11.3 Å². The number of nitrogens with one attached hydrogen (secondary N) is 1. The topological polar surface area (TPSA) is 30.5 Å². The van der Waals surface area contributed by atoms with Gasteiger partial charge in [-0.1, -0.05) is 6.07 Å². The first-order valence-electron chi connectivity index (χ1n) is 7.47. The Bertz CT molecular complexity index is 568. The van der Waals surface area contributed by atoms with E-state index in [1.165, 1.54) is 11.1 Å². The standard InChI is InChI=1S/C17H21NO2S/c1-13(18-7-5-14-6-10-21-12-14)15-3-4-16-17(11-15)20-9-2-8-19-16/h3-4,6,10-13,18H,2,5,7-9H2,1H3. The largest absolute Gasteiger partial charge is 0.490 e. The average molecular weight is 303 g/mol. The van der Waals surface area contributed by atoms with E-state index in [-0.39, 0.29) is 0 Å². The molecule has 2 heterocycles. The summed E-state index contributed by atoms with van der Waals surface area (Å²) in [6.07, 6.45) is 2.01. The molecule has 1 atom stereocenters. The molecule has 1 N–H and O–H groups in total. The van der Waals surface area contributed by atoms with E-state index in [0.717, 1.165) is 44.1 Å². The minimum absolute atomic E-state index is 0.306. The molecule has 1 aromatic carbocycles. The highest BCUT2D eigenvalue weighted by molar-refractivity contribution is 7.07. The highest BCUT2D eigenvalue weighted by Gasteiger charge is 2.13. The van der Waals surface area contributed by atoms with Crippen molar-refractivity contribution in [3.05, 3.63) is 46.2 Å². The van der Waals surface area contributed by atoms with Gasteiger partial charge in [-0.05, 0) is 60.0 Å². The summed E-state index contributed by atoms with van der Waals surface area (Å²) in [5, 5.41) is 7.90. The summed E-state index contributed by atoms with van der Waals surface area (Å²) in [5.74, 6) is 1.73. The molecular formula is C17H21NO2S. The van der Waals surface area contributed by atoms with Crippen molar-refractivity contribution in [1.82, 2.24) is 5.32 Å². The molecule has 4 heteroatoms. The van der Waals surface area contributed by atoms with Crippen molar-refractivity contribution in [2.45, 2.75) is 25.8 Å². The van der Waals surface area contributed by atoms with Gasteiger partial charge in [0.25, 0.3) is 0 Å². The van der Waals surface area contributed by atoms with E-state index in [0.29, 0.717) is 6.04 Å². The smallest absolute Gasteiger partial charge is 0.161 e. The summed E-state index contributed by atoms with van der Waals surface area (Å²) in [7, 11) is 0. The molecule has 1 aromatic heterocycles. The molecule has 21 heavy (non-hydrogen) atoms. The summed E-state index contributed by atoms with van der Waals surface area (Å²) in [6.45, 7) is 4.64. The van der Waals surface area contributed by atoms with Gasteiger partial charge in [-0.25, -0.2) is 0 Å². The van der Waals surface area contributed by atoms with Crippen molar-refractivity contribution in [2.24, 2.45) is 0 Å². The molecule has 1 aliphatic heterocycles. The molecule has 2 aromatic rings. The predicted octanol–water partition coefficient (Wildman–Crippen LogP) is 3.80. The van der Waals surface area contributed by atoms with Crippen molar-refractivity contribution < 1.29 is 9.47 Å². The van der Waals surface area contributed by atoms with E-state index in [4.69, 9.17) is 9.47 Å². The van der Waals surface area contributed by atoms with Crippen molar-refractivity contribution in [3.8, 4) is 11.5 Å². The summed E-state index contributed by atoms with van der Waals surface area (Å²) in [6, 6.07) is 8.73. The second-order valence-corrected chi connectivity index (χ2v) is 6.09. The number of hydrogen-bond donors (Lipinski definition) is 1. The SMILES string of the molecule is CC(NCCc1ccsc1)c1ccc2c(c1)OCCCO2. The third kappa shape index (κ3) is 3.77. The van der Waals surface area contributed by atoms with Crippen LogP contribution in [-0.2, 0) is 6.42 Å². The van der Waals surface area contributed by atoms with Gasteiger partial charge in [0.15, 0.2) is 11.5 Å². The van der Waals surface area contributed by atoms with Crippen molar-refractivity contribution in [3.63, 3.8) is 0 Å². The molecule has 0 amide bonds. The van der Waals surface area contributed by atoms with Crippen LogP contribution in [-0.4, -0.2) is 19.8 Å². The van der Waals surface area contributed by atoms with E-state index in [1.54, 1.807) is 11.3 Å². The summed E-state index contributed by atoms with van der Waals surface area (Å²) < 4.78 is 11.4. The maximum Gasteiger partial charge on any atom is 0.161 e. The number of rotatable bonds is 5. The van der Waals surface area contributed by atoms with Crippen LogP contribution < -0.4 is 14.8 Å². The van der Waals surface area contributed by atoms with Gasteiger partial charge in [0.2, 0.25) is 0 Å². The monoisotopic (exact) mass is 303 g/mol. The van der Waals surface area contributed by atoms with Gasteiger partial charge < -0.3 is 14.8 Å². The fraction of sp³-hybridized carbons (Fsp3) is 0.412. The molecule has 0 bridgehead atoms. The lowest BCUT2D eigenvalue weighted by atomic mass is 10.1. The Morgan fingerprint density at radius 1 is 1.19 bits per heavy atom. The quantitative estimate of drug-likeness (QED) is 0.911. The Morgan fingerprint density at radius 3 is 2.86 bits per heavy atom. The fourth-order valence-electron chi connectivity index (χ4n) is 2.43. The van der Waals surface area contributed by atoms with Gasteiger partial charge in [0.05, 0.1) is 13.2 Å². The zero-order valence-electron chi connectivity index (χ0n) is 12.3. The Labute approximate surface area is 129 Å². The van der Waals surface area contributed by atoms with Crippen LogP contribution in [0.5, 0.6) is 11.5 Å². The third-order valence-corrected chi connectivity index (χ3v) is 4.45. The van der Waals surface area contributed by atoms with Crippen LogP contribution in [0.1, 0.15) is 30.5 Å². The minimum atomic E-state index is 0.306. The lowest BCUT2D eigenvalue weighted by Crippen LogP contribution is -2.21. The first kappa shape index (κ1) is 14.4. The first-order chi connectivity index (χ1) is 10.3. The maximum atomic E-state index is 5.75. The fourth-order valence-corrected chi connectivity index (χ4v) is 3.14. The highest BCUT2D eigenvalue weighted by Crippen LogP contribution is 2.32. The Morgan fingerprint density at radius 2 is 2.05 bits per heavy atom. The number of benzene rings is 1. The molecule has 1 unspecified atom stereocenters. The van der Waals surface area contributed by atoms with Gasteiger partial charge in [0.1, 0.15) is 0 Å². The summed E-state index contributed by atoms with van der Waals surface area (Å²) in [5.41, 5.74) is 2.64. The minimum Gasteiger partial charge on any atom is -0.490 e. The van der Waals surface area contributed by atoms with Crippen molar-refractivity contribution >= 4 is 11.3 Å². The summed E-state index contributed by atoms with van der Waals surface area (Å²) >= 11 is 1.75. The molecule has 0 radical (unpaired) electrons. The van der Waals surface area contributed by atoms with Gasteiger partial charge in [-0.3, -0.25) is 0 Å². The average Bonchev–Trinajstić information content (AvgIpc) is 2.90. The normalized spacial score (nSPS) is 15.5. The summed E-state index contributed by atoms with van der Waals surface area (Å²) in [4.78, 5) is 0. The van der Waals surface area contributed by atoms with Crippen LogP contribution in [0.3, 0.4) is 0 Å². The van der Waals surface area contributed by atoms with E-state index in [2.05, 4.69) is 41.2 Å². The van der Waals surface area contributed by atoms with Crippen LogP contribution in [0.2, 0.25) is 0 Å². The molecule has 0 saturated carbocycles. The molecule has 112 valence electrons. The molecule has 0 fully saturated rings. The second-order valence-electron chi connectivity index (χ2n) is 5.31. The molecule has 0 spiro atoms. The van der Waals surface area contributed by atoms with Crippen LogP contribution in [0.25, 0.3) is 0 Å². The van der Waals surface area contributed by atoms with E-state index in [9.17, 15) is 0 Å². The van der Waals surface area contributed by atoms with Gasteiger partial charge in [-0.2, -0.15) is 11.3 Å². The maximum absolute atomic E-state index is 5.75. The van der Waals surface area contributed by atoms with Gasteiger partial charge >= 0.3 is 0 Å². The molecule has 0 saturated heterocycles. The van der Waals surface area contributed by atoms with E-state index < -0.39 is 0 Å². The van der Waals surface area contributed by atoms with Crippen LogP contribution in [0.4, 0.5) is 0 Å². The molecule has 3 nitrogen and oxygen atoms in total. The molecule has 0 aliphatic carbocycles. The first-order valence-corrected chi connectivity index (χ1v) is 8.41. The Kier molecular flexibility index (Phi) is 4.78. The van der Waals surface area contributed by atoms with Crippen LogP contribution in [0.15, 0.2) is 35.0 Å². The Balaban J connectivity index is 1.59. The zero-order chi connectivity index (χ0) is 14.5. The molecule has 1 aliphatic rings.